The molecule has 0 aromatic heterocycles. The number of benzene rings is 1. The van der Waals surface area contributed by atoms with E-state index in [1.807, 2.05) is 45.0 Å². The van der Waals surface area contributed by atoms with Crippen LogP contribution in [0.1, 0.15) is 27.2 Å². The first kappa shape index (κ1) is 14.4. The van der Waals surface area contributed by atoms with Gasteiger partial charge in [0.1, 0.15) is 17.6 Å². The molecule has 18 heavy (non-hydrogen) atoms. The second-order valence-electron chi connectivity index (χ2n) is 4.35. The van der Waals surface area contributed by atoms with Crippen molar-refractivity contribution in [2.24, 2.45) is 0 Å². The first-order valence-electron chi connectivity index (χ1n) is 6.01. The summed E-state index contributed by atoms with van der Waals surface area (Å²) in [4.78, 5) is 11.4. The minimum Gasteiger partial charge on any atom is -0.497 e. The van der Waals surface area contributed by atoms with Crippen LogP contribution in [-0.4, -0.2) is 25.3 Å². The third kappa shape index (κ3) is 5.08. The number of methoxy groups -OCH3 is 1. The average molecular weight is 252 g/mol. The largest absolute Gasteiger partial charge is 0.497 e. The van der Waals surface area contributed by atoms with Crippen molar-refractivity contribution in [2.75, 3.05) is 7.11 Å². The highest BCUT2D eigenvalue weighted by Gasteiger charge is 2.13. The van der Waals surface area contributed by atoms with Gasteiger partial charge in [0.15, 0.2) is 0 Å². The van der Waals surface area contributed by atoms with Crippen molar-refractivity contribution < 1.29 is 19.0 Å². The van der Waals surface area contributed by atoms with Gasteiger partial charge in [-0.05, 0) is 45.0 Å². The maximum atomic E-state index is 11.4. The Balaban J connectivity index is 2.43. The third-order valence-electron chi connectivity index (χ3n) is 2.22. The van der Waals surface area contributed by atoms with E-state index in [1.54, 1.807) is 7.11 Å². The van der Waals surface area contributed by atoms with Crippen molar-refractivity contribution in [1.82, 2.24) is 0 Å². The second kappa shape index (κ2) is 6.89. The van der Waals surface area contributed by atoms with E-state index in [0.29, 0.717) is 5.75 Å². The van der Waals surface area contributed by atoms with Crippen molar-refractivity contribution in [3.63, 3.8) is 0 Å². The highest BCUT2D eigenvalue weighted by Crippen LogP contribution is 2.18. The molecule has 0 bridgehead atoms. The van der Waals surface area contributed by atoms with Crippen LogP contribution in [0, 0.1) is 0 Å². The molecule has 1 atom stereocenters. The fourth-order valence-corrected chi connectivity index (χ4v) is 1.47. The van der Waals surface area contributed by atoms with E-state index in [0.717, 1.165) is 5.75 Å². The monoisotopic (exact) mass is 252 g/mol. The standard InChI is InChI=1S/C14H20O4/c1-10(2)17-14(15)9-11(3)18-13-7-5-12(16-4)6-8-13/h5-8,10-11H,9H2,1-4H3. The Kier molecular flexibility index (Phi) is 5.49. The first-order valence-corrected chi connectivity index (χ1v) is 6.01. The SMILES string of the molecule is COc1ccc(OC(C)CC(=O)OC(C)C)cc1. The lowest BCUT2D eigenvalue weighted by Crippen LogP contribution is -2.21. The minimum absolute atomic E-state index is 0.0920. The quantitative estimate of drug-likeness (QED) is 0.730. The van der Waals surface area contributed by atoms with Gasteiger partial charge in [0.25, 0.3) is 0 Å². The molecule has 1 aromatic rings. The van der Waals surface area contributed by atoms with Crippen LogP contribution in [0.2, 0.25) is 0 Å². The Morgan fingerprint density at radius 2 is 1.67 bits per heavy atom. The molecule has 4 heteroatoms. The Morgan fingerprint density at radius 3 is 2.17 bits per heavy atom. The molecule has 0 fully saturated rings. The number of hydrogen-bond acceptors (Lipinski definition) is 4. The summed E-state index contributed by atoms with van der Waals surface area (Å²) in [7, 11) is 1.61. The highest BCUT2D eigenvalue weighted by molar-refractivity contribution is 5.70. The van der Waals surface area contributed by atoms with E-state index in [-0.39, 0.29) is 24.6 Å². The summed E-state index contributed by atoms with van der Waals surface area (Å²) >= 11 is 0. The lowest BCUT2D eigenvalue weighted by molar-refractivity contribution is -0.149. The average Bonchev–Trinajstić information content (AvgIpc) is 2.28. The molecule has 0 aliphatic carbocycles. The van der Waals surface area contributed by atoms with Crippen molar-refractivity contribution in [3.8, 4) is 11.5 Å². The van der Waals surface area contributed by atoms with Gasteiger partial charge in [-0.1, -0.05) is 0 Å². The van der Waals surface area contributed by atoms with E-state index in [1.165, 1.54) is 0 Å². The van der Waals surface area contributed by atoms with Crippen LogP contribution in [0.5, 0.6) is 11.5 Å². The zero-order chi connectivity index (χ0) is 13.5. The van der Waals surface area contributed by atoms with E-state index in [4.69, 9.17) is 14.2 Å². The predicted molar refractivity (Wildman–Crippen MR) is 68.9 cm³/mol. The van der Waals surface area contributed by atoms with Crippen LogP contribution in [0.15, 0.2) is 24.3 Å². The van der Waals surface area contributed by atoms with Crippen LogP contribution in [0.25, 0.3) is 0 Å². The molecule has 1 rings (SSSR count). The predicted octanol–water partition coefficient (Wildman–Crippen LogP) is 2.80. The molecule has 100 valence electrons. The minimum atomic E-state index is -0.244. The molecule has 0 heterocycles. The van der Waals surface area contributed by atoms with Gasteiger partial charge in [0, 0.05) is 0 Å². The molecule has 0 saturated carbocycles. The molecule has 0 aliphatic rings. The van der Waals surface area contributed by atoms with Gasteiger partial charge in [-0.3, -0.25) is 4.79 Å². The summed E-state index contributed by atoms with van der Waals surface area (Å²) in [6, 6.07) is 7.25. The number of esters is 1. The Morgan fingerprint density at radius 1 is 1.11 bits per heavy atom. The van der Waals surface area contributed by atoms with Crippen molar-refractivity contribution in [2.45, 2.75) is 39.4 Å². The summed E-state index contributed by atoms with van der Waals surface area (Å²) in [5.41, 5.74) is 0. The number of hydrogen-bond donors (Lipinski definition) is 0. The summed E-state index contributed by atoms with van der Waals surface area (Å²) in [5, 5.41) is 0. The topological polar surface area (TPSA) is 44.8 Å². The van der Waals surface area contributed by atoms with Crippen LogP contribution < -0.4 is 9.47 Å². The summed E-state index contributed by atoms with van der Waals surface area (Å²) < 4.78 is 15.7. The smallest absolute Gasteiger partial charge is 0.309 e. The highest BCUT2D eigenvalue weighted by atomic mass is 16.5. The zero-order valence-corrected chi connectivity index (χ0v) is 11.3. The fourth-order valence-electron chi connectivity index (χ4n) is 1.47. The van der Waals surface area contributed by atoms with E-state index in [2.05, 4.69) is 0 Å². The molecule has 4 nitrogen and oxygen atoms in total. The lowest BCUT2D eigenvalue weighted by Gasteiger charge is -2.15. The molecule has 0 N–H and O–H groups in total. The summed E-state index contributed by atoms with van der Waals surface area (Å²) in [6.45, 7) is 5.49. The normalized spacial score (nSPS) is 12.1. The van der Waals surface area contributed by atoms with Crippen molar-refractivity contribution in [3.05, 3.63) is 24.3 Å². The van der Waals surface area contributed by atoms with Gasteiger partial charge in [0.2, 0.25) is 0 Å². The van der Waals surface area contributed by atoms with Gasteiger partial charge in [-0.2, -0.15) is 0 Å². The van der Waals surface area contributed by atoms with Crippen LogP contribution >= 0.6 is 0 Å². The van der Waals surface area contributed by atoms with Crippen LogP contribution in [0.3, 0.4) is 0 Å². The molecule has 0 spiro atoms. The second-order valence-corrected chi connectivity index (χ2v) is 4.35. The van der Waals surface area contributed by atoms with Gasteiger partial charge in [0.05, 0.1) is 19.6 Å². The van der Waals surface area contributed by atoms with Crippen LogP contribution in [0.4, 0.5) is 0 Å². The Hall–Kier alpha value is -1.71. The van der Waals surface area contributed by atoms with Gasteiger partial charge in [-0.15, -0.1) is 0 Å². The van der Waals surface area contributed by atoms with Crippen LogP contribution in [-0.2, 0) is 9.53 Å². The van der Waals surface area contributed by atoms with Gasteiger partial charge in [-0.25, -0.2) is 0 Å². The van der Waals surface area contributed by atoms with Gasteiger partial charge >= 0.3 is 5.97 Å². The molecule has 0 amide bonds. The zero-order valence-electron chi connectivity index (χ0n) is 11.3. The van der Waals surface area contributed by atoms with Crippen molar-refractivity contribution in [1.29, 1.82) is 0 Å². The van der Waals surface area contributed by atoms with E-state index >= 15 is 0 Å². The molecular weight excluding hydrogens is 232 g/mol. The number of carbonyl (C=O) groups is 1. The third-order valence-corrected chi connectivity index (χ3v) is 2.22. The molecular formula is C14H20O4. The molecule has 0 radical (unpaired) electrons. The number of carbonyl (C=O) groups excluding carboxylic acids is 1. The summed E-state index contributed by atoms with van der Waals surface area (Å²) in [6.07, 6.45) is -0.0696. The molecule has 0 saturated heterocycles. The summed E-state index contributed by atoms with van der Waals surface area (Å²) in [5.74, 6) is 1.24. The van der Waals surface area contributed by atoms with Gasteiger partial charge < -0.3 is 14.2 Å². The van der Waals surface area contributed by atoms with E-state index < -0.39 is 0 Å². The molecule has 0 aliphatic heterocycles. The first-order chi connectivity index (χ1) is 8.51. The van der Waals surface area contributed by atoms with E-state index in [9.17, 15) is 4.79 Å². The number of ether oxygens (including phenoxy) is 3. The Bertz CT molecular complexity index is 370. The fraction of sp³-hybridized carbons (Fsp3) is 0.500. The van der Waals surface area contributed by atoms with Crippen molar-refractivity contribution >= 4 is 5.97 Å². The Labute approximate surface area is 108 Å². The maximum absolute atomic E-state index is 11.4. The maximum Gasteiger partial charge on any atom is 0.309 e. The lowest BCUT2D eigenvalue weighted by atomic mass is 10.2. The number of rotatable bonds is 6. The molecule has 1 aromatic carbocycles. The molecule has 1 unspecified atom stereocenters.